The van der Waals surface area contributed by atoms with Gasteiger partial charge in [-0.2, -0.15) is 0 Å². The van der Waals surface area contributed by atoms with E-state index in [9.17, 15) is 24.0 Å². The molecule has 1 saturated heterocycles. The van der Waals surface area contributed by atoms with Gasteiger partial charge in [-0.1, -0.05) is 97.4 Å². The van der Waals surface area contributed by atoms with Crippen LogP contribution in [0.5, 0.6) is 0 Å². The Bertz CT molecular complexity index is 1740. The number of hydrogen-bond acceptors (Lipinski definition) is 9. The molecular formula is C48H76IN7O7. The van der Waals surface area contributed by atoms with Gasteiger partial charge in [-0.15, -0.1) is 0 Å². The standard InChI is InChI=1S/C48H76IN7O7/c1-13-32(6)44(55(10)48(61)42(30(2)3)52-47(60)43(31(4)5)54(8)9)39(62-11)28-41(58)56-25-17-20-38(56)45(63-12)33(7)46(59)51-37(26-34-18-15-14-16-19-34)27-40(57)50-29-35-21-23-36(53-49)24-22-35/h14-16,18-19,21-24,30-33,37-39,42-45,53H,13,17,20,25-29H2,1-12H3,(H,50,57)(H,51,59)(H,52,60)/t32-,33+,37+,38-,39+,42-,43-,44-,45+/m0/s1. The van der Waals surface area contributed by atoms with Crippen molar-refractivity contribution >= 4 is 58.1 Å². The highest BCUT2D eigenvalue weighted by Gasteiger charge is 2.43. The molecule has 2 aromatic carbocycles. The minimum Gasteiger partial charge on any atom is -0.379 e. The number of carbonyl (C=O) groups excluding carboxylic acids is 5. The number of likely N-dealkylation sites (N-methyl/N-ethyl adjacent to an activating group) is 2. The maximum absolute atomic E-state index is 14.4. The van der Waals surface area contributed by atoms with E-state index in [1.165, 1.54) is 0 Å². The molecule has 0 unspecified atom stereocenters. The van der Waals surface area contributed by atoms with Gasteiger partial charge < -0.3 is 38.8 Å². The Hall–Kier alpha value is -3.80. The van der Waals surface area contributed by atoms with E-state index in [0.29, 0.717) is 25.9 Å². The lowest BCUT2D eigenvalue weighted by atomic mass is 9.89. The first-order chi connectivity index (χ1) is 29.9. The lowest BCUT2D eigenvalue weighted by molar-refractivity contribution is -0.148. The van der Waals surface area contributed by atoms with Crippen molar-refractivity contribution in [2.24, 2.45) is 23.7 Å². The number of benzene rings is 2. The van der Waals surface area contributed by atoms with Crippen molar-refractivity contribution in [3.63, 3.8) is 0 Å². The van der Waals surface area contributed by atoms with E-state index in [2.05, 4.69) is 42.3 Å². The molecule has 2 aromatic rings. The van der Waals surface area contributed by atoms with Crippen LogP contribution in [0.4, 0.5) is 5.69 Å². The third-order valence-electron chi connectivity index (χ3n) is 12.6. The predicted molar refractivity (Wildman–Crippen MR) is 258 cm³/mol. The van der Waals surface area contributed by atoms with Gasteiger partial charge in [0.1, 0.15) is 6.04 Å². The number of rotatable bonds is 25. The SMILES string of the molecule is CC[C@H](C)[C@@H]([C@@H](CC(=O)N1CCC[C@H]1[C@H](OC)[C@@H](C)C(=O)N[C@@H](CC(=O)NCc1ccc(NI)cc1)Cc1ccccc1)OC)N(C)C(=O)[C@@H](NC(=O)[C@H](C(C)C)N(C)C)C(C)C. The van der Waals surface area contributed by atoms with Gasteiger partial charge in [-0.3, -0.25) is 28.9 Å². The summed E-state index contributed by atoms with van der Waals surface area (Å²) in [5.74, 6) is -1.87. The number of anilines is 1. The monoisotopic (exact) mass is 989 g/mol. The summed E-state index contributed by atoms with van der Waals surface area (Å²) in [7, 11) is 8.58. The summed E-state index contributed by atoms with van der Waals surface area (Å²) in [6, 6.07) is 15.0. The predicted octanol–water partition coefficient (Wildman–Crippen LogP) is 5.83. The maximum Gasteiger partial charge on any atom is 0.245 e. The molecule has 1 aliphatic rings. The highest BCUT2D eigenvalue weighted by atomic mass is 127. The fourth-order valence-corrected chi connectivity index (χ4v) is 9.36. The molecule has 0 bridgehead atoms. The van der Waals surface area contributed by atoms with Crippen LogP contribution in [0.2, 0.25) is 0 Å². The molecule has 9 atom stereocenters. The highest BCUT2D eigenvalue weighted by Crippen LogP contribution is 2.30. The van der Waals surface area contributed by atoms with Crippen molar-refractivity contribution in [3.05, 3.63) is 65.7 Å². The van der Waals surface area contributed by atoms with Crippen molar-refractivity contribution in [2.75, 3.05) is 45.4 Å². The van der Waals surface area contributed by atoms with E-state index in [4.69, 9.17) is 9.47 Å². The molecular weight excluding hydrogens is 913 g/mol. The Kier molecular flexibility index (Phi) is 22.3. The van der Waals surface area contributed by atoms with Gasteiger partial charge in [0.2, 0.25) is 29.5 Å². The van der Waals surface area contributed by atoms with Gasteiger partial charge in [0.05, 0.1) is 65.5 Å². The number of methoxy groups -OCH3 is 2. The molecule has 4 N–H and O–H groups in total. The number of halogens is 1. The van der Waals surface area contributed by atoms with E-state index in [1.54, 1.807) is 26.2 Å². The molecule has 14 nitrogen and oxygen atoms in total. The van der Waals surface area contributed by atoms with Crippen LogP contribution in [0.1, 0.15) is 91.7 Å². The lowest BCUT2D eigenvalue weighted by Crippen LogP contribution is -2.59. The van der Waals surface area contributed by atoms with Gasteiger partial charge in [0, 0.05) is 52.5 Å². The van der Waals surface area contributed by atoms with Gasteiger partial charge in [-0.25, -0.2) is 0 Å². The molecule has 1 fully saturated rings. The average Bonchev–Trinajstić information content (AvgIpc) is 3.74. The van der Waals surface area contributed by atoms with E-state index in [1.807, 2.05) is 127 Å². The van der Waals surface area contributed by atoms with Crippen LogP contribution in [0.25, 0.3) is 0 Å². The molecule has 63 heavy (non-hydrogen) atoms. The number of nitrogens with zero attached hydrogens (tertiary/aromatic N) is 3. The first kappa shape index (κ1) is 53.5. The number of amides is 5. The van der Waals surface area contributed by atoms with Gasteiger partial charge >= 0.3 is 0 Å². The zero-order valence-corrected chi connectivity index (χ0v) is 41.9. The molecule has 3 rings (SSSR count). The minimum absolute atomic E-state index is 0.0129. The Morgan fingerprint density at radius 3 is 2.02 bits per heavy atom. The van der Waals surface area contributed by atoms with Crippen molar-refractivity contribution in [3.8, 4) is 0 Å². The van der Waals surface area contributed by atoms with Crippen LogP contribution < -0.4 is 19.5 Å². The van der Waals surface area contributed by atoms with Crippen molar-refractivity contribution < 1.29 is 33.4 Å². The number of hydrogen-bond donors (Lipinski definition) is 4. The highest BCUT2D eigenvalue weighted by molar-refractivity contribution is 14.1. The summed E-state index contributed by atoms with van der Waals surface area (Å²) in [5, 5.41) is 9.21. The van der Waals surface area contributed by atoms with Crippen LogP contribution in [-0.4, -0.2) is 129 Å². The van der Waals surface area contributed by atoms with E-state index < -0.39 is 42.3 Å². The van der Waals surface area contributed by atoms with Gasteiger partial charge in [-0.05, 0) is 74.4 Å². The summed E-state index contributed by atoms with van der Waals surface area (Å²) in [4.78, 5) is 75.0. The van der Waals surface area contributed by atoms with E-state index >= 15 is 0 Å². The third-order valence-corrected chi connectivity index (χ3v) is 13.2. The van der Waals surface area contributed by atoms with Gasteiger partial charge in [0.25, 0.3) is 0 Å². The van der Waals surface area contributed by atoms with Gasteiger partial charge in [0.15, 0.2) is 0 Å². The topological polar surface area (TPSA) is 162 Å². The van der Waals surface area contributed by atoms with Crippen LogP contribution in [-0.2, 0) is 46.4 Å². The normalized spacial score (nSPS) is 17.9. The van der Waals surface area contributed by atoms with Crippen LogP contribution in [0.3, 0.4) is 0 Å². The van der Waals surface area contributed by atoms with Crippen molar-refractivity contribution in [2.45, 2.75) is 136 Å². The van der Waals surface area contributed by atoms with Crippen molar-refractivity contribution in [1.29, 1.82) is 0 Å². The molecule has 0 aromatic heterocycles. The molecule has 5 amide bonds. The second kappa shape index (κ2) is 26.2. The van der Waals surface area contributed by atoms with Crippen molar-refractivity contribution in [1.82, 2.24) is 30.7 Å². The Balaban J connectivity index is 1.77. The van der Waals surface area contributed by atoms with Crippen LogP contribution in [0.15, 0.2) is 54.6 Å². The molecule has 0 spiro atoms. The minimum atomic E-state index is -0.774. The molecule has 0 radical (unpaired) electrons. The molecule has 352 valence electrons. The molecule has 0 aliphatic carbocycles. The number of nitrogens with one attached hydrogen (secondary N) is 4. The number of ether oxygens (including phenoxy) is 2. The summed E-state index contributed by atoms with van der Waals surface area (Å²) in [6.07, 6.45) is 1.41. The number of carbonyl (C=O) groups is 5. The first-order valence-corrected chi connectivity index (χ1v) is 23.6. The molecule has 1 heterocycles. The Morgan fingerprint density at radius 1 is 0.825 bits per heavy atom. The fourth-order valence-electron chi connectivity index (χ4n) is 9.00. The lowest BCUT2D eigenvalue weighted by Gasteiger charge is -2.41. The third kappa shape index (κ3) is 15.4. The quantitative estimate of drug-likeness (QED) is 0.0710. The summed E-state index contributed by atoms with van der Waals surface area (Å²) in [6.45, 7) is 14.6. The smallest absolute Gasteiger partial charge is 0.245 e. The first-order valence-electron chi connectivity index (χ1n) is 22.5. The second-order valence-electron chi connectivity index (χ2n) is 18.1. The van der Waals surface area contributed by atoms with E-state index in [-0.39, 0.29) is 66.2 Å². The zero-order valence-electron chi connectivity index (χ0n) is 39.8. The zero-order chi connectivity index (χ0) is 47.0. The summed E-state index contributed by atoms with van der Waals surface area (Å²) < 4.78 is 15.2. The molecule has 15 heteroatoms. The molecule has 1 aliphatic heterocycles. The van der Waals surface area contributed by atoms with E-state index in [0.717, 1.165) is 29.7 Å². The largest absolute Gasteiger partial charge is 0.379 e. The van der Waals surface area contributed by atoms with Crippen LogP contribution in [0, 0.1) is 23.7 Å². The van der Waals surface area contributed by atoms with Crippen LogP contribution >= 0.6 is 22.9 Å². The summed E-state index contributed by atoms with van der Waals surface area (Å²) >= 11 is 2.07. The fraction of sp³-hybridized carbons (Fsp3) is 0.646. The summed E-state index contributed by atoms with van der Waals surface area (Å²) in [5.41, 5.74) is 2.92. The maximum atomic E-state index is 14.4. The Labute approximate surface area is 391 Å². The number of likely N-dealkylation sites (tertiary alicyclic amines) is 1. The Morgan fingerprint density at radius 2 is 1.48 bits per heavy atom. The average molecular weight is 990 g/mol. The second-order valence-corrected chi connectivity index (χ2v) is 18.7. The molecule has 0 saturated carbocycles.